The number of rotatable bonds is 3. The van der Waals surface area contributed by atoms with Gasteiger partial charge in [-0.25, -0.2) is 8.78 Å². The molecule has 0 saturated carbocycles. The first kappa shape index (κ1) is 16.3. The van der Waals surface area contributed by atoms with Gasteiger partial charge >= 0.3 is 5.97 Å². The van der Waals surface area contributed by atoms with Crippen molar-refractivity contribution in [2.45, 2.75) is 31.2 Å². The summed E-state index contributed by atoms with van der Waals surface area (Å²) in [5, 5.41) is 9.54. The van der Waals surface area contributed by atoms with Gasteiger partial charge in [0.1, 0.15) is 11.6 Å². The summed E-state index contributed by atoms with van der Waals surface area (Å²) in [6.45, 7) is 4.27. The maximum absolute atomic E-state index is 14.1. The van der Waals surface area contributed by atoms with Crippen molar-refractivity contribution in [3.8, 4) is 0 Å². The van der Waals surface area contributed by atoms with Crippen LogP contribution in [0.25, 0.3) is 0 Å². The average molecular weight is 325 g/mol. The van der Waals surface area contributed by atoms with Gasteiger partial charge in [-0.3, -0.25) is 9.69 Å². The lowest BCUT2D eigenvalue weighted by molar-refractivity contribution is -0.141. The van der Waals surface area contributed by atoms with E-state index in [1.165, 1.54) is 12.1 Å². The fraction of sp³-hybridized carbons (Fsp3) is 0.588. The largest absolute Gasteiger partial charge is 0.481 e. The summed E-state index contributed by atoms with van der Waals surface area (Å²) >= 11 is 0. The fourth-order valence-electron chi connectivity index (χ4n) is 3.74. The van der Waals surface area contributed by atoms with E-state index >= 15 is 0 Å². The minimum Gasteiger partial charge on any atom is -0.481 e. The lowest BCUT2D eigenvalue weighted by Crippen LogP contribution is -2.49. The van der Waals surface area contributed by atoms with Crippen molar-refractivity contribution < 1.29 is 23.4 Å². The first-order valence-electron chi connectivity index (χ1n) is 7.91. The number of halogens is 2. The number of benzene rings is 1. The zero-order valence-electron chi connectivity index (χ0n) is 13.1. The third-order valence-corrected chi connectivity index (χ3v) is 5.33. The van der Waals surface area contributed by atoms with E-state index in [0.29, 0.717) is 26.3 Å². The molecule has 2 saturated heterocycles. The molecular weight excluding hydrogens is 304 g/mol. The highest BCUT2D eigenvalue weighted by Gasteiger charge is 2.46. The Morgan fingerprint density at radius 3 is 2.61 bits per heavy atom. The summed E-state index contributed by atoms with van der Waals surface area (Å²) in [4.78, 5) is 13.8. The third kappa shape index (κ3) is 3.10. The van der Waals surface area contributed by atoms with Crippen LogP contribution < -0.4 is 0 Å². The molecule has 0 radical (unpaired) electrons. The Bertz CT molecular complexity index is 602. The van der Waals surface area contributed by atoms with E-state index in [1.807, 2.05) is 0 Å². The molecule has 2 heterocycles. The molecule has 23 heavy (non-hydrogen) atoms. The second-order valence-corrected chi connectivity index (χ2v) is 6.73. The summed E-state index contributed by atoms with van der Waals surface area (Å²) in [6, 6.07) is 3.39. The van der Waals surface area contributed by atoms with Gasteiger partial charge in [0.25, 0.3) is 0 Å². The van der Waals surface area contributed by atoms with Gasteiger partial charge < -0.3 is 9.84 Å². The predicted octanol–water partition coefficient (Wildman–Crippen LogP) is 2.63. The first-order chi connectivity index (χ1) is 10.9. The van der Waals surface area contributed by atoms with E-state index in [1.54, 1.807) is 0 Å². The Kier molecular flexibility index (Phi) is 4.38. The monoisotopic (exact) mass is 325 g/mol. The molecule has 0 bridgehead atoms. The van der Waals surface area contributed by atoms with Gasteiger partial charge in [0, 0.05) is 43.8 Å². The van der Waals surface area contributed by atoms with Gasteiger partial charge in [-0.15, -0.1) is 0 Å². The van der Waals surface area contributed by atoms with E-state index < -0.39 is 29.4 Å². The number of carboxylic acid groups (broad SMARTS) is 1. The zero-order chi connectivity index (χ0) is 16.6. The first-order valence-corrected chi connectivity index (χ1v) is 7.91. The maximum atomic E-state index is 14.1. The standard InChI is InChI=1S/C17H21F2NO3/c1-17(4-6-23-7-5-17)20-9-13(14(10-20)16(21)22)12-3-2-11(18)8-15(12)19/h2-3,8,13-14H,4-7,9-10H2,1H3,(H,21,22). The fourth-order valence-corrected chi connectivity index (χ4v) is 3.74. The molecule has 2 aliphatic rings. The van der Waals surface area contributed by atoms with Gasteiger partial charge in [0.05, 0.1) is 5.92 Å². The van der Waals surface area contributed by atoms with Crippen molar-refractivity contribution >= 4 is 5.97 Å². The highest BCUT2D eigenvalue weighted by molar-refractivity contribution is 5.72. The molecule has 4 nitrogen and oxygen atoms in total. The quantitative estimate of drug-likeness (QED) is 0.928. The summed E-state index contributed by atoms with van der Waals surface area (Å²) < 4.78 is 32.7. The average Bonchev–Trinajstić information content (AvgIpc) is 2.94. The second-order valence-electron chi connectivity index (χ2n) is 6.73. The van der Waals surface area contributed by atoms with Crippen molar-refractivity contribution in [2.75, 3.05) is 26.3 Å². The molecule has 126 valence electrons. The summed E-state index contributed by atoms with van der Waals surface area (Å²) in [5.41, 5.74) is 0.161. The Hall–Kier alpha value is -1.53. The van der Waals surface area contributed by atoms with Gasteiger partial charge in [-0.2, -0.15) is 0 Å². The van der Waals surface area contributed by atoms with Gasteiger partial charge in [-0.1, -0.05) is 6.07 Å². The number of nitrogens with zero attached hydrogens (tertiary/aromatic N) is 1. The normalized spacial score (nSPS) is 28.0. The smallest absolute Gasteiger partial charge is 0.308 e. The molecule has 0 aliphatic carbocycles. The summed E-state index contributed by atoms with van der Waals surface area (Å²) in [6.07, 6.45) is 1.66. The van der Waals surface area contributed by atoms with Crippen LogP contribution in [0.4, 0.5) is 8.78 Å². The van der Waals surface area contributed by atoms with Crippen LogP contribution in [0.1, 0.15) is 31.2 Å². The lowest BCUT2D eigenvalue weighted by Gasteiger charge is -2.42. The third-order valence-electron chi connectivity index (χ3n) is 5.33. The summed E-state index contributed by atoms with van der Waals surface area (Å²) in [7, 11) is 0. The predicted molar refractivity (Wildman–Crippen MR) is 80.3 cm³/mol. The maximum Gasteiger partial charge on any atom is 0.308 e. The van der Waals surface area contributed by atoms with Crippen LogP contribution in [0.2, 0.25) is 0 Å². The van der Waals surface area contributed by atoms with E-state index in [0.717, 1.165) is 18.9 Å². The number of likely N-dealkylation sites (tertiary alicyclic amines) is 1. The van der Waals surface area contributed by atoms with E-state index in [9.17, 15) is 18.7 Å². The van der Waals surface area contributed by atoms with Crippen LogP contribution in [-0.4, -0.2) is 47.8 Å². The molecule has 0 spiro atoms. The lowest BCUT2D eigenvalue weighted by atomic mass is 9.88. The molecule has 3 rings (SSSR count). The Balaban J connectivity index is 1.88. The van der Waals surface area contributed by atoms with Crippen molar-refractivity contribution in [3.05, 3.63) is 35.4 Å². The van der Waals surface area contributed by atoms with Crippen LogP contribution in [0, 0.1) is 17.6 Å². The molecule has 0 amide bonds. The minimum atomic E-state index is -0.933. The van der Waals surface area contributed by atoms with Crippen LogP contribution in [-0.2, 0) is 9.53 Å². The second kappa shape index (κ2) is 6.17. The number of aliphatic carboxylic acids is 1. The number of hydrogen-bond acceptors (Lipinski definition) is 3. The Morgan fingerprint density at radius 1 is 1.30 bits per heavy atom. The highest BCUT2D eigenvalue weighted by Crippen LogP contribution is 2.40. The number of carbonyl (C=O) groups is 1. The molecule has 2 atom stereocenters. The van der Waals surface area contributed by atoms with Crippen LogP contribution in [0.5, 0.6) is 0 Å². The highest BCUT2D eigenvalue weighted by atomic mass is 19.1. The number of ether oxygens (including phenoxy) is 1. The van der Waals surface area contributed by atoms with Crippen molar-refractivity contribution in [3.63, 3.8) is 0 Å². The molecule has 1 aromatic rings. The zero-order valence-corrected chi connectivity index (χ0v) is 13.1. The Labute approximate surface area is 134 Å². The van der Waals surface area contributed by atoms with Crippen LogP contribution >= 0.6 is 0 Å². The van der Waals surface area contributed by atoms with E-state index in [-0.39, 0.29) is 11.1 Å². The summed E-state index contributed by atoms with van der Waals surface area (Å²) in [5.74, 6) is -3.40. The van der Waals surface area contributed by atoms with Crippen molar-refractivity contribution in [2.24, 2.45) is 5.92 Å². The van der Waals surface area contributed by atoms with E-state index in [2.05, 4.69) is 11.8 Å². The molecule has 2 fully saturated rings. The van der Waals surface area contributed by atoms with Crippen molar-refractivity contribution in [1.29, 1.82) is 0 Å². The molecule has 0 aromatic heterocycles. The molecule has 2 aliphatic heterocycles. The minimum absolute atomic E-state index is 0.128. The van der Waals surface area contributed by atoms with E-state index in [4.69, 9.17) is 4.74 Å². The number of carboxylic acids is 1. The Morgan fingerprint density at radius 2 is 2.00 bits per heavy atom. The van der Waals surface area contributed by atoms with Crippen molar-refractivity contribution in [1.82, 2.24) is 4.90 Å². The van der Waals surface area contributed by atoms with Crippen LogP contribution in [0.15, 0.2) is 18.2 Å². The van der Waals surface area contributed by atoms with Gasteiger partial charge in [0.15, 0.2) is 0 Å². The molecular formula is C17H21F2NO3. The SMILES string of the molecule is CC1(N2CC(C(=O)O)C(c3ccc(F)cc3F)C2)CCOCC1. The van der Waals surface area contributed by atoms with Gasteiger partial charge in [0.2, 0.25) is 0 Å². The topological polar surface area (TPSA) is 49.8 Å². The molecule has 6 heteroatoms. The van der Waals surface area contributed by atoms with Crippen LogP contribution in [0.3, 0.4) is 0 Å². The molecule has 1 aromatic carbocycles. The molecule has 2 unspecified atom stereocenters. The molecule has 1 N–H and O–H groups in total. The van der Waals surface area contributed by atoms with Gasteiger partial charge in [-0.05, 0) is 31.4 Å². The number of hydrogen-bond donors (Lipinski definition) is 1.